The number of nitrogens with zero attached hydrogens (tertiary/aromatic N) is 2. The zero-order valence-corrected chi connectivity index (χ0v) is 15.2. The third-order valence-corrected chi connectivity index (χ3v) is 4.73. The largest absolute Gasteiger partial charge is 0.497 e. The van der Waals surface area contributed by atoms with Crippen molar-refractivity contribution in [3.63, 3.8) is 0 Å². The molecule has 0 aliphatic carbocycles. The van der Waals surface area contributed by atoms with E-state index in [2.05, 4.69) is 15.5 Å². The Morgan fingerprint density at radius 3 is 2.67 bits per heavy atom. The van der Waals surface area contributed by atoms with Crippen LogP contribution in [0.1, 0.15) is 5.69 Å². The van der Waals surface area contributed by atoms with E-state index in [0.29, 0.717) is 21.5 Å². The highest BCUT2D eigenvalue weighted by atomic mass is 32.2. The number of aromatic nitrogens is 1. The Bertz CT molecular complexity index is 1020. The van der Waals surface area contributed by atoms with Crippen LogP contribution in [-0.2, 0) is 4.79 Å². The number of hydrogen-bond donors (Lipinski definition) is 1. The predicted octanol–water partition coefficient (Wildman–Crippen LogP) is 4.24. The first-order valence-electron chi connectivity index (χ1n) is 8.17. The first kappa shape index (κ1) is 17.1. The molecule has 1 aliphatic rings. The van der Waals surface area contributed by atoms with Crippen molar-refractivity contribution in [3.05, 3.63) is 71.3 Å². The Kier molecular flexibility index (Phi) is 4.76. The monoisotopic (exact) mass is 377 g/mol. The number of thioether (sulfide) groups is 1. The maximum absolute atomic E-state index is 12.2. The van der Waals surface area contributed by atoms with Gasteiger partial charge in [-0.2, -0.15) is 0 Å². The van der Waals surface area contributed by atoms with Crippen LogP contribution in [0.2, 0.25) is 0 Å². The first-order chi connectivity index (χ1) is 13.2. The van der Waals surface area contributed by atoms with Gasteiger partial charge in [0.05, 0.1) is 17.7 Å². The second-order valence-corrected chi connectivity index (χ2v) is 6.69. The fraction of sp³-hybridized carbons (Fsp3) is 0.0500. The van der Waals surface area contributed by atoms with Gasteiger partial charge in [0, 0.05) is 11.6 Å². The summed E-state index contributed by atoms with van der Waals surface area (Å²) in [6, 6.07) is 18.7. The van der Waals surface area contributed by atoms with Crippen molar-refractivity contribution in [2.24, 2.45) is 4.99 Å². The van der Waals surface area contributed by atoms with Gasteiger partial charge >= 0.3 is 0 Å². The molecule has 134 valence electrons. The van der Waals surface area contributed by atoms with E-state index in [1.165, 1.54) is 11.8 Å². The molecule has 1 saturated heterocycles. The highest BCUT2D eigenvalue weighted by molar-refractivity contribution is 8.18. The number of aliphatic imine (C=N–C) groups is 1. The third-order valence-electron chi connectivity index (χ3n) is 3.82. The zero-order chi connectivity index (χ0) is 18.6. The van der Waals surface area contributed by atoms with Gasteiger partial charge in [-0.1, -0.05) is 23.4 Å². The van der Waals surface area contributed by atoms with Gasteiger partial charge in [0.2, 0.25) is 0 Å². The molecule has 27 heavy (non-hydrogen) atoms. The number of nitrogens with one attached hydrogen (secondary N) is 1. The van der Waals surface area contributed by atoms with Crippen molar-refractivity contribution in [1.82, 2.24) is 10.5 Å². The molecule has 1 amide bonds. The smallest absolute Gasteiger partial charge is 0.264 e. The number of carbonyl (C=O) groups excluding carboxylic acids is 1. The Morgan fingerprint density at radius 2 is 1.93 bits per heavy atom. The van der Waals surface area contributed by atoms with E-state index in [0.717, 1.165) is 17.0 Å². The average molecular weight is 377 g/mol. The van der Waals surface area contributed by atoms with Crippen LogP contribution in [0.4, 0.5) is 5.69 Å². The lowest BCUT2D eigenvalue weighted by Gasteiger charge is -1.99. The molecule has 7 heteroatoms. The van der Waals surface area contributed by atoms with Gasteiger partial charge in [0.15, 0.2) is 10.9 Å². The minimum atomic E-state index is -0.205. The molecule has 0 radical (unpaired) electrons. The van der Waals surface area contributed by atoms with Crippen molar-refractivity contribution in [3.8, 4) is 17.1 Å². The van der Waals surface area contributed by atoms with Gasteiger partial charge in [0.1, 0.15) is 11.4 Å². The van der Waals surface area contributed by atoms with Crippen LogP contribution in [0.25, 0.3) is 17.4 Å². The van der Waals surface area contributed by atoms with E-state index in [4.69, 9.17) is 9.26 Å². The standard InChI is InChI=1S/C20H15N3O3S/c1-25-16-9-7-13(8-10-16)17-11-15(23-26-17)12-18-19(24)22-20(27-18)21-14-5-3-2-4-6-14/h2-12H,1H3,(H,21,22,24). The Labute approximate surface area is 159 Å². The Morgan fingerprint density at radius 1 is 1.15 bits per heavy atom. The zero-order valence-electron chi connectivity index (χ0n) is 14.4. The lowest BCUT2D eigenvalue weighted by Crippen LogP contribution is -2.19. The lowest BCUT2D eigenvalue weighted by molar-refractivity contribution is -0.115. The third kappa shape index (κ3) is 3.93. The highest BCUT2D eigenvalue weighted by Gasteiger charge is 2.24. The second-order valence-electron chi connectivity index (χ2n) is 5.66. The van der Waals surface area contributed by atoms with Gasteiger partial charge in [-0.3, -0.25) is 4.79 Å². The summed E-state index contributed by atoms with van der Waals surface area (Å²) < 4.78 is 10.5. The molecule has 0 atom stereocenters. The molecule has 1 N–H and O–H groups in total. The number of para-hydroxylation sites is 1. The van der Waals surface area contributed by atoms with Crippen molar-refractivity contribution < 1.29 is 14.1 Å². The van der Waals surface area contributed by atoms with Crippen LogP contribution in [0, 0.1) is 0 Å². The van der Waals surface area contributed by atoms with E-state index in [-0.39, 0.29) is 5.91 Å². The minimum absolute atomic E-state index is 0.205. The van der Waals surface area contributed by atoms with Crippen LogP contribution >= 0.6 is 11.8 Å². The highest BCUT2D eigenvalue weighted by Crippen LogP contribution is 2.29. The van der Waals surface area contributed by atoms with E-state index in [1.807, 2.05) is 54.6 Å². The quantitative estimate of drug-likeness (QED) is 0.688. The molecule has 1 fully saturated rings. The number of rotatable bonds is 4. The summed E-state index contributed by atoms with van der Waals surface area (Å²) in [5.74, 6) is 1.18. The molecule has 6 nitrogen and oxygen atoms in total. The molecular formula is C20H15N3O3S. The molecular weight excluding hydrogens is 362 g/mol. The predicted molar refractivity (Wildman–Crippen MR) is 106 cm³/mol. The molecule has 2 heterocycles. The number of carbonyl (C=O) groups is 1. The van der Waals surface area contributed by atoms with Gasteiger partial charge in [-0.15, -0.1) is 0 Å². The number of hydrogen-bond acceptors (Lipinski definition) is 6. The van der Waals surface area contributed by atoms with Crippen LogP contribution < -0.4 is 10.1 Å². The summed E-state index contributed by atoms with van der Waals surface area (Å²) in [7, 11) is 1.62. The fourth-order valence-corrected chi connectivity index (χ4v) is 3.31. The van der Waals surface area contributed by atoms with E-state index < -0.39 is 0 Å². The maximum Gasteiger partial charge on any atom is 0.264 e. The SMILES string of the molecule is COc1ccc(-c2cc(C=C3SC(=Nc4ccccc4)NC3=O)no2)cc1. The first-order valence-corrected chi connectivity index (χ1v) is 8.99. The normalized spacial score (nSPS) is 16.7. The molecule has 0 saturated carbocycles. The number of benzene rings is 2. The van der Waals surface area contributed by atoms with Crippen LogP contribution in [0.15, 0.2) is 75.1 Å². The number of amides is 1. The van der Waals surface area contributed by atoms with Crippen LogP contribution in [0.3, 0.4) is 0 Å². The summed E-state index contributed by atoms with van der Waals surface area (Å²) in [4.78, 5) is 17.1. The second kappa shape index (κ2) is 7.51. The topological polar surface area (TPSA) is 76.7 Å². The van der Waals surface area contributed by atoms with Crippen molar-refractivity contribution in [2.75, 3.05) is 7.11 Å². The van der Waals surface area contributed by atoms with Crippen molar-refractivity contribution in [2.45, 2.75) is 0 Å². The molecule has 0 unspecified atom stereocenters. The van der Waals surface area contributed by atoms with Gasteiger partial charge in [0.25, 0.3) is 5.91 Å². The molecule has 3 aromatic rings. The Balaban J connectivity index is 1.53. The van der Waals surface area contributed by atoms with Crippen LogP contribution in [-0.4, -0.2) is 23.3 Å². The van der Waals surface area contributed by atoms with Crippen molar-refractivity contribution >= 4 is 34.6 Å². The number of ether oxygens (including phenoxy) is 1. The molecule has 1 aromatic heterocycles. The fourth-order valence-electron chi connectivity index (χ4n) is 2.48. The summed E-state index contributed by atoms with van der Waals surface area (Å²) in [6.45, 7) is 0. The number of amidine groups is 1. The van der Waals surface area contributed by atoms with E-state index in [1.54, 1.807) is 19.3 Å². The maximum atomic E-state index is 12.2. The summed E-state index contributed by atoms with van der Waals surface area (Å²) >= 11 is 1.27. The van der Waals surface area contributed by atoms with Gasteiger partial charge < -0.3 is 14.6 Å². The van der Waals surface area contributed by atoms with Gasteiger partial charge in [-0.25, -0.2) is 4.99 Å². The van der Waals surface area contributed by atoms with E-state index >= 15 is 0 Å². The molecule has 0 spiro atoms. The average Bonchev–Trinajstić information content (AvgIpc) is 3.30. The summed E-state index contributed by atoms with van der Waals surface area (Å²) in [5.41, 5.74) is 2.23. The van der Waals surface area contributed by atoms with Crippen molar-refractivity contribution in [1.29, 1.82) is 0 Å². The van der Waals surface area contributed by atoms with E-state index in [9.17, 15) is 4.79 Å². The summed E-state index contributed by atoms with van der Waals surface area (Å²) in [6.07, 6.45) is 1.68. The molecule has 2 aromatic carbocycles. The van der Waals surface area contributed by atoms with Gasteiger partial charge in [-0.05, 0) is 54.2 Å². The summed E-state index contributed by atoms with van der Waals surface area (Å²) in [5, 5.41) is 7.32. The molecule has 0 bridgehead atoms. The molecule has 4 rings (SSSR count). The van der Waals surface area contributed by atoms with Crippen LogP contribution in [0.5, 0.6) is 5.75 Å². The lowest BCUT2D eigenvalue weighted by atomic mass is 10.1. The number of methoxy groups -OCH3 is 1. The Hall–Kier alpha value is -3.32. The minimum Gasteiger partial charge on any atom is -0.497 e. The molecule has 1 aliphatic heterocycles.